The first kappa shape index (κ1) is 27.1. The molecule has 1 atom stereocenters. The van der Waals surface area contributed by atoms with E-state index in [1.54, 1.807) is 0 Å². The SMILES string of the molecule is C[Si](C)(C)OC([SiH3])C(O[Si](C)(C)O[Si](C)(C)C)O[Si](C)(C)O[Si](C)(C)C. The number of hydrogen-bond acceptors (Lipinski definition) is 5. The molecule has 1 unspecified atom stereocenters. The summed E-state index contributed by atoms with van der Waals surface area (Å²) in [7, 11) is -8.88. The van der Waals surface area contributed by atoms with Crippen LogP contribution in [-0.4, -0.2) is 64.3 Å². The smallest absolute Gasteiger partial charge is 0.323 e. The first-order valence-corrected chi connectivity index (χ1v) is 26.6. The average Bonchev–Trinajstić information content (AvgIpc) is 2.16. The molecule has 0 aromatic rings. The maximum atomic E-state index is 6.50. The van der Waals surface area contributed by atoms with E-state index in [9.17, 15) is 0 Å². The van der Waals surface area contributed by atoms with Crippen molar-refractivity contribution in [1.82, 2.24) is 0 Å². The van der Waals surface area contributed by atoms with Crippen LogP contribution in [0.1, 0.15) is 0 Å². The van der Waals surface area contributed by atoms with Crippen molar-refractivity contribution < 1.29 is 21.5 Å². The monoisotopic (exact) mass is 472 g/mol. The van der Waals surface area contributed by atoms with Crippen LogP contribution in [0, 0.1) is 0 Å². The minimum atomic E-state index is -2.33. The fourth-order valence-electron chi connectivity index (χ4n) is 2.91. The molecule has 26 heavy (non-hydrogen) atoms. The second-order valence-corrected chi connectivity index (χ2v) is 32.5. The van der Waals surface area contributed by atoms with Crippen LogP contribution in [0.3, 0.4) is 0 Å². The number of hydrogen-bond donors (Lipinski definition) is 0. The third-order valence-electron chi connectivity index (χ3n) is 2.83. The molecule has 0 saturated carbocycles. The lowest BCUT2D eigenvalue weighted by atomic mass is 10.7. The van der Waals surface area contributed by atoms with Gasteiger partial charge >= 0.3 is 17.1 Å². The zero-order valence-electron chi connectivity index (χ0n) is 19.7. The highest BCUT2D eigenvalue weighted by atomic mass is 28.4. The Morgan fingerprint density at radius 1 is 0.500 bits per heavy atom. The van der Waals surface area contributed by atoms with Crippen molar-refractivity contribution in [3.8, 4) is 0 Å². The molecule has 5 nitrogen and oxygen atoms in total. The summed E-state index contributed by atoms with van der Waals surface area (Å²) in [6, 6.07) is 0. The highest BCUT2D eigenvalue weighted by molar-refractivity contribution is 6.82. The van der Waals surface area contributed by atoms with E-state index in [1.807, 2.05) is 0 Å². The van der Waals surface area contributed by atoms with Crippen LogP contribution < -0.4 is 0 Å². The first-order chi connectivity index (χ1) is 11.1. The van der Waals surface area contributed by atoms with Crippen molar-refractivity contribution in [2.24, 2.45) is 0 Å². The Hall–Kier alpha value is 1.10. The molecule has 0 saturated heterocycles. The summed E-state index contributed by atoms with van der Waals surface area (Å²) in [4.78, 5) is 0. The maximum absolute atomic E-state index is 6.50. The van der Waals surface area contributed by atoms with Gasteiger partial charge in [0, 0.05) is 10.2 Å². The minimum absolute atomic E-state index is 0.0179. The Labute approximate surface area is 170 Å². The van der Waals surface area contributed by atoms with E-state index in [-0.39, 0.29) is 5.73 Å². The molecule has 0 aliphatic rings. The van der Waals surface area contributed by atoms with Crippen molar-refractivity contribution in [2.75, 3.05) is 0 Å². The van der Waals surface area contributed by atoms with Gasteiger partial charge < -0.3 is 21.5 Å². The summed E-state index contributed by atoms with van der Waals surface area (Å²) in [6.45, 7) is 28.2. The quantitative estimate of drug-likeness (QED) is 0.336. The fourth-order valence-corrected chi connectivity index (χ4v) is 21.0. The molecule has 0 aromatic heterocycles. The van der Waals surface area contributed by atoms with Crippen LogP contribution in [0.25, 0.3) is 0 Å². The van der Waals surface area contributed by atoms with Gasteiger partial charge in [-0.2, -0.15) is 0 Å². The highest BCUT2D eigenvalue weighted by Crippen LogP contribution is 2.25. The minimum Gasteiger partial charge on any atom is -0.436 e. The normalized spacial score (nSPS) is 16.4. The van der Waals surface area contributed by atoms with Gasteiger partial charge in [-0.1, -0.05) is 0 Å². The molecule has 0 fully saturated rings. The van der Waals surface area contributed by atoms with Crippen molar-refractivity contribution in [2.45, 2.75) is 97.1 Å². The summed E-state index contributed by atoms with van der Waals surface area (Å²) in [6.07, 6.45) is -0.399. The van der Waals surface area contributed by atoms with Gasteiger partial charge in [-0.15, -0.1) is 0 Å². The van der Waals surface area contributed by atoms with Crippen molar-refractivity contribution in [3.05, 3.63) is 0 Å². The Kier molecular flexibility index (Phi) is 9.67. The molecule has 0 radical (unpaired) electrons. The molecular formula is C15H44O5Si6. The Morgan fingerprint density at radius 3 is 1.04 bits per heavy atom. The Bertz CT molecular complexity index is 409. The second-order valence-electron chi connectivity index (χ2n) is 10.8. The van der Waals surface area contributed by atoms with Crippen LogP contribution in [0.5, 0.6) is 0 Å². The molecule has 11 heteroatoms. The molecule has 0 bridgehead atoms. The summed E-state index contributed by atoms with van der Waals surface area (Å²) in [5, 5.41) is 0. The third kappa shape index (κ3) is 14.1. The second kappa shape index (κ2) is 9.28. The van der Waals surface area contributed by atoms with Crippen LogP contribution in [-0.2, 0) is 21.5 Å². The van der Waals surface area contributed by atoms with E-state index >= 15 is 0 Å². The highest BCUT2D eigenvalue weighted by Gasteiger charge is 2.41. The van der Waals surface area contributed by atoms with Gasteiger partial charge in [0.15, 0.2) is 31.2 Å². The average molecular weight is 473 g/mol. The summed E-state index contributed by atoms with van der Waals surface area (Å²) < 4.78 is 32.1. The van der Waals surface area contributed by atoms with Gasteiger partial charge in [0.25, 0.3) is 0 Å². The standard InChI is InChI=1S/C15H44O5Si6/c1-22(2,3)18-15(21)14(16-25(10,11)19-23(4,5)6)17-26(12,13)20-24(7,8)9/h14-15H,1-13,21H3. The summed E-state index contributed by atoms with van der Waals surface area (Å²) in [5.41, 5.74) is -0.0179. The van der Waals surface area contributed by atoms with E-state index in [0.29, 0.717) is 0 Å². The zero-order valence-corrected chi connectivity index (χ0v) is 26.7. The van der Waals surface area contributed by atoms with E-state index in [1.165, 1.54) is 0 Å². The molecule has 0 amide bonds. The van der Waals surface area contributed by atoms with Crippen molar-refractivity contribution in [3.63, 3.8) is 0 Å². The molecule has 0 spiro atoms. The van der Waals surface area contributed by atoms with Crippen LogP contribution in [0.15, 0.2) is 0 Å². The van der Waals surface area contributed by atoms with E-state index in [2.05, 4.69) is 85.1 Å². The van der Waals surface area contributed by atoms with Crippen LogP contribution in [0.2, 0.25) is 85.1 Å². The van der Waals surface area contributed by atoms with E-state index in [4.69, 9.17) is 21.5 Å². The van der Waals surface area contributed by atoms with Gasteiger partial charge in [-0.05, 0) is 85.1 Å². The maximum Gasteiger partial charge on any atom is 0.323 e. The van der Waals surface area contributed by atoms with Gasteiger partial charge in [0.2, 0.25) is 0 Å². The molecule has 0 aliphatic heterocycles. The molecule has 0 rings (SSSR count). The lowest BCUT2D eigenvalue weighted by Crippen LogP contribution is -2.56. The zero-order chi connectivity index (χ0) is 21.2. The van der Waals surface area contributed by atoms with Gasteiger partial charge in [0.1, 0.15) is 0 Å². The van der Waals surface area contributed by atoms with Gasteiger partial charge in [-0.25, -0.2) is 0 Å². The topological polar surface area (TPSA) is 46.2 Å². The lowest BCUT2D eigenvalue weighted by Gasteiger charge is -2.41. The molecule has 0 N–H and O–H groups in total. The van der Waals surface area contributed by atoms with E-state index in [0.717, 1.165) is 10.2 Å². The lowest BCUT2D eigenvalue weighted by molar-refractivity contribution is -0.0772. The fraction of sp³-hybridized carbons (Fsp3) is 1.00. The Morgan fingerprint density at radius 2 is 0.808 bits per heavy atom. The van der Waals surface area contributed by atoms with Gasteiger partial charge in [-0.3, -0.25) is 0 Å². The summed E-state index contributed by atoms with van der Waals surface area (Å²) >= 11 is 0. The number of rotatable bonds is 11. The van der Waals surface area contributed by atoms with Gasteiger partial charge in [0.05, 0.1) is 5.73 Å². The molecule has 0 aliphatic carbocycles. The molecular weight excluding hydrogens is 429 g/mol. The predicted molar refractivity (Wildman–Crippen MR) is 128 cm³/mol. The molecule has 158 valence electrons. The summed E-state index contributed by atoms with van der Waals surface area (Å²) in [5.74, 6) is 0. The molecule has 0 aromatic carbocycles. The predicted octanol–water partition coefficient (Wildman–Crippen LogP) is 4.00. The van der Waals surface area contributed by atoms with Crippen LogP contribution >= 0.6 is 0 Å². The van der Waals surface area contributed by atoms with E-state index < -0.39 is 48.4 Å². The Balaban J connectivity index is 5.42. The molecule has 0 heterocycles. The first-order valence-electron chi connectivity index (χ1n) is 9.55. The third-order valence-corrected chi connectivity index (χ3v) is 15.6. The van der Waals surface area contributed by atoms with Crippen LogP contribution in [0.4, 0.5) is 0 Å². The largest absolute Gasteiger partial charge is 0.436 e. The van der Waals surface area contributed by atoms with Crippen molar-refractivity contribution >= 4 is 52.3 Å². The van der Waals surface area contributed by atoms with Crippen molar-refractivity contribution in [1.29, 1.82) is 0 Å².